The lowest BCUT2D eigenvalue weighted by Crippen LogP contribution is -2.53. The van der Waals surface area contributed by atoms with Crippen LogP contribution in [0.5, 0.6) is 17.2 Å². The molecule has 7 heteroatoms. The van der Waals surface area contributed by atoms with Crippen LogP contribution in [-0.2, 0) is 17.8 Å². The van der Waals surface area contributed by atoms with Crippen molar-refractivity contribution in [3.63, 3.8) is 0 Å². The fourth-order valence-electron chi connectivity index (χ4n) is 4.63. The van der Waals surface area contributed by atoms with Crippen molar-refractivity contribution >= 4 is 11.7 Å². The number of hydrogen-bond acceptors (Lipinski definition) is 6. The molecule has 1 fully saturated rings. The van der Waals surface area contributed by atoms with Gasteiger partial charge >= 0.3 is 6.16 Å². The minimum absolute atomic E-state index is 0.157. The van der Waals surface area contributed by atoms with E-state index in [0.717, 1.165) is 48.6 Å². The highest BCUT2D eigenvalue weighted by Crippen LogP contribution is 2.35. The number of carbonyl (C=O) groups is 1. The first-order chi connectivity index (χ1) is 16.9. The zero-order valence-corrected chi connectivity index (χ0v) is 21.0. The summed E-state index contributed by atoms with van der Waals surface area (Å²) >= 11 is 0. The van der Waals surface area contributed by atoms with Gasteiger partial charge in [0.2, 0.25) is 0 Å². The predicted molar refractivity (Wildman–Crippen MR) is 134 cm³/mol. The molecule has 7 nitrogen and oxygen atoms in total. The molecule has 0 amide bonds. The second kappa shape index (κ2) is 11.0. The van der Waals surface area contributed by atoms with Crippen molar-refractivity contribution in [2.24, 2.45) is 0 Å². The zero-order chi connectivity index (χ0) is 24.9. The summed E-state index contributed by atoms with van der Waals surface area (Å²) in [4.78, 5) is 12.9. The first kappa shape index (κ1) is 24.9. The Morgan fingerprint density at radius 2 is 1.91 bits per heavy atom. The summed E-state index contributed by atoms with van der Waals surface area (Å²) < 4.78 is 22.4. The molecule has 188 valence electrons. The molecule has 0 saturated carbocycles. The van der Waals surface area contributed by atoms with Gasteiger partial charge in [0.1, 0.15) is 30.0 Å². The number of fused-ring (bicyclic) bond motifs is 1. The monoisotopic (exact) mass is 481 g/mol. The van der Waals surface area contributed by atoms with E-state index in [9.17, 15) is 4.79 Å². The van der Waals surface area contributed by atoms with Gasteiger partial charge in [0, 0.05) is 31.3 Å². The Bertz CT molecular complexity index is 1090. The van der Waals surface area contributed by atoms with Crippen molar-refractivity contribution in [1.82, 2.24) is 4.90 Å². The van der Waals surface area contributed by atoms with E-state index in [1.807, 2.05) is 24.3 Å². The first-order valence-corrected chi connectivity index (χ1v) is 12.3. The lowest BCUT2D eigenvalue weighted by Gasteiger charge is -2.39. The molecule has 2 aliphatic rings. The van der Waals surface area contributed by atoms with E-state index >= 15 is 0 Å². The molecule has 0 bridgehead atoms. The number of rotatable bonds is 10. The third-order valence-electron chi connectivity index (χ3n) is 6.88. The maximum Gasteiger partial charge on any atom is 0.506 e. The number of carboxylic acid groups (broad SMARTS) is 1. The summed E-state index contributed by atoms with van der Waals surface area (Å²) in [7, 11) is 1.66. The number of hydrogen-bond donors (Lipinski definition) is 1. The van der Waals surface area contributed by atoms with Crippen molar-refractivity contribution in [1.29, 1.82) is 0 Å². The Labute approximate surface area is 207 Å². The third kappa shape index (κ3) is 6.09. The predicted octanol–water partition coefficient (Wildman–Crippen LogP) is 5.55. The fourth-order valence-corrected chi connectivity index (χ4v) is 4.63. The molecule has 0 aromatic heterocycles. The molecule has 0 spiro atoms. The highest BCUT2D eigenvalue weighted by atomic mass is 16.7. The van der Waals surface area contributed by atoms with Crippen molar-refractivity contribution in [2.45, 2.75) is 58.8 Å². The number of ether oxygens (including phenoxy) is 4. The molecule has 2 aromatic carbocycles. The zero-order valence-electron chi connectivity index (χ0n) is 21.0. The van der Waals surface area contributed by atoms with E-state index in [-0.39, 0.29) is 12.2 Å². The van der Waals surface area contributed by atoms with Gasteiger partial charge in [0.25, 0.3) is 0 Å². The van der Waals surface area contributed by atoms with Gasteiger partial charge in [-0.25, -0.2) is 4.79 Å². The maximum absolute atomic E-state index is 10.7. The summed E-state index contributed by atoms with van der Waals surface area (Å²) in [6.07, 6.45) is 1.67. The molecule has 4 rings (SSSR count). The van der Waals surface area contributed by atoms with Crippen molar-refractivity contribution < 1.29 is 28.8 Å². The molecule has 1 N–H and O–H groups in total. The highest BCUT2D eigenvalue weighted by molar-refractivity contribution is 5.72. The lowest BCUT2D eigenvalue weighted by molar-refractivity contribution is -0.0292. The molecule has 1 aliphatic heterocycles. The average molecular weight is 482 g/mol. The molecule has 1 aliphatic carbocycles. The topological polar surface area (TPSA) is 77.5 Å². The van der Waals surface area contributed by atoms with Gasteiger partial charge in [-0.15, -0.1) is 0 Å². The second-order valence-electron chi connectivity index (χ2n) is 9.35. The fraction of sp³-hybridized carbons (Fsp3) is 0.464. The Kier molecular flexibility index (Phi) is 7.86. The van der Waals surface area contributed by atoms with E-state index in [0.29, 0.717) is 19.7 Å². The van der Waals surface area contributed by atoms with Crippen molar-refractivity contribution in [3.05, 3.63) is 58.7 Å². The van der Waals surface area contributed by atoms with Crippen LogP contribution in [0, 0.1) is 0 Å². The summed E-state index contributed by atoms with van der Waals surface area (Å²) in [5.41, 5.74) is 6.24. The van der Waals surface area contributed by atoms with Crippen LogP contribution in [0.3, 0.4) is 0 Å². The minimum Gasteiger partial charge on any atom is -0.496 e. The quantitative estimate of drug-likeness (QED) is 0.446. The normalized spacial score (nSPS) is 16.8. The van der Waals surface area contributed by atoms with Gasteiger partial charge < -0.3 is 24.1 Å². The summed E-state index contributed by atoms with van der Waals surface area (Å²) in [5, 5.41) is 8.74. The van der Waals surface area contributed by atoms with Crippen LogP contribution < -0.4 is 14.2 Å². The Balaban J connectivity index is 1.37. The Hall–Kier alpha value is -3.19. The Morgan fingerprint density at radius 1 is 1.14 bits per heavy atom. The second-order valence-corrected chi connectivity index (χ2v) is 9.35. The number of likely N-dealkylation sites (tertiary alicyclic amines) is 1. The number of allylic oxidation sites excluding steroid dienone is 1. The smallest absolute Gasteiger partial charge is 0.496 e. The summed E-state index contributed by atoms with van der Waals surface area (Å²) in [6.45, 7) is 8.93. The number of aryl methyl sites for hydroxylation is 1. The van der Waals surface area contributed by atoms with Crippen LogP contribution in [0.25, 0.3) is 5.57 Å². The molecule has 1 atom stereocenters. The first-order valence-electron chi connectivity index (χ1n) is 12.3. The molecule has 1 heterocycles. The highest BCUT2D eigenvalue weighted by Gasteiger charge is 2.31. The van der Waals surface area contributed by atoms with Crippen molar-refractivity contribution in [2.75, 3.05) is 26.7 Å². The largest absolute Gasteiger partial charge is 0.506 e. The van der Waals surface area contributed by atoms with E-state index < -0.39 is 6.16 Å². The van der Waals surface area contributed by atoms with E-state index in [1.54, 1.807) is 7.11 Å². The summed E-state index contributed by atoms with van der Waals surface area (Å²) in [5.74, 6) is 2.41. The van der Waals surface area contributed by atoms with E-state index in [4.69, 9.17) is 24.1 Å². The van der Waals surface area contributed by atoms with E-state index in [2.05, 4.69) is 37.8 Å². The Morgan fingerprint density at radius 3 is 2.63 bits per heavy atom. The number of nitrogens with zero attached hydrogens (tertiary/aromatic N) is 1. The molecular weight excluding hydrogens is 446 g/mol. The maximum atomic E-state index is 10.7. The van der Waals surface area contributed by atoms with Gasteiger partial charge in [0.05, 0.1) is 13.2 Å². The van der Waals surface area contributed by atoms with Gasteiger partial charge in [-0.2, -0.15) is 0 Å². The molecule has 0 unspecified atom stereocenters. The standard InChI is InChI=1S/C28H35NO6/c1-5-18(2)34-24-9-8-22(27(13-24)32-4)17-33-23-10-11-26-19(3)21(7-6-20(26)12-23)14-29-15-25(16-29)35-28(30)31/h8-13,18,25H,5-7,14-17H2,1-4H3,(H,30,31)/t18-/m1/s1. The van der Waals surface area contributed by atoms with E-state index in [1.165, 1.54) is 22.3 Å². The lowest BCUT2D eigenvalue weighted by atomic mass is 9.85. The molecule has 2 aromatic rings. The van der Waals surface area contributed by atoms with Gasteiger partial charge in [-0.1, -0.05) is 18.6 Å². The van der Waals surface area contributed by atoms with Crippen LogP contribution in [0.15, 0.2) is 42.0 Å². The number of methoxy groups -OCH3 is 1. The van der Waals surface area contributed by atoms with Gasteiger partial charge in [0.15, 0.2) is 0 Å². The van der Waals surface area contributed by atoms with Crippen LogP contribution in [0.1, 0.15) is 50.3 Å². The average Bonchev–Trinajstić information content (AvgIpc) is 2.82. The molecule has 1 saturated heterocycles. The van der Waals surface area contributed by atoms with Crippen LogP contribution in [0.2, 0.25) is 0 Å². The molecule has 0 radical (unpaired) electrons. The van der Waals surface area contributed by atoms with Crippen LogP contribution >= 0.6 is 0 Å². The van der Waals surface area contributed by atoms with Gasteiger partial charge in [-0.3, -0.25) is 4.90 Å². The molecular formula is C28H35NO6. The summed E-state index contributed by atoms with van der Waals surface area (Å²) in [6, 6.07) is 12.2. The number of benzene rings is 2. The SMILES string of the molecule is CC[C@@H](C)Oc1ccc(COc2ccc3c(c2)CCC(CN2CC(OC(=O)O)C2)=C3C)c(OC)c1. The van der Waals surface area contributed by atoms with Crippen molar-refractivity contribution in [3.8, 4) is 17.2 Å². The van der Waals surface area contributed by atoms with Crippen LogP contribution in [0.4, 0.5) is 4.79 Å². The molecule has 35 heavy (non-hydrogen) atoms. The van der Waals surface area contributed by atoms with Gasteiger partial charge in [-0.05, 0) is 74.1 Å². The van der Waals surface area contributed by atoms with Crippen LogP contribution in [-0.4, -0.2) is 55.1 Å². The minimum atomic E-state index is -1.19. The third-order valence-corrected chi connectivity index (χ3v) is 6.88.